The van der Waals surface area contributed by atoms with Crippen LogP contribution >= 0.6 is 15.9 Å². The van der Waals surface area contributed by atoms with E-state index < -0.39 is 0 Å². The van der Waals surface area contributed by atoms with Crippen molar-refractivity contribution in [3.05, 3.63) is 12.4 Å². The predicted octanol–water partition coefficient (Wildman–Crippen LogP) is 2.49. The van der Waals surface area contributed by atoms with Crippen LogP contribution in [0.25, 0.3) is 0 Å². The van der Waals surface area contributed by atoms with E-state index in [1.807, 2.05) is 7.05 Å². The van der Waals surface area contributed by atoms with Gasteiger partial charge in [0.05, 0.1) is 19.5 Å². The molecule has 0 radical (unpaired) electrons. The van der Waals surface area contributed by atoms with Gasteiger partial charge in [0, 0.05) is 18.9 Å². The maximum Gasteiger partial charge on any atom is 0.233 e. The summed E-state index contributed by atoms with van der Waals surface area (Å²) in [6, 6.07) is 0. The van der Waals surface area contributed by atoms with Crippen LogP contribution in [0.4, 0.5) is 5.82 Å². The topological polar surface area (TPSA) is 38.2 Å². The maximum atomic E-state index is 5.04. The minimum absolute atomic E-state index is 0.560. The van der Waals surface area contributed by atoms with Gasteiger partial charge in [0.1, 0.15) is 0 Å². The summed E-state index contributed by atoms with van der Waals surface area (Å²) < 4.78 is 5.04. The van der Waals surface area contributed by atoms with E-state index in [4.69, 9.17) is 4.74 Å². The van der Waals surface area contributed by atoms with Crippen molar-refractivity contribution < 1.29 is 4.74 Å². The summed E-state index contributed by atoms with van der Waals surface area (Å²) >= 11 is 3.43. The van der Waals surface area contributed by atoms with E-state index in [1.165, 1.54) is 19.3 Å². The molecule has 1 heterocycles. The third-order valence-electron chi connectivity index (χ3n) is 2.33. The van der Waals surface area contributed by atoms with Gasteiger partial charge >= 0.3 is 0 Å². The molecule has 0 fully saturated rings. The van der Waals surface area contributed by atoms with Crippen LogP contribution in [-0.4, -0.2) is 36.0 Å². The summed E-state index contributed by atoms with van der Waals surface area (Å²) in [5.41, 5.74) is 0. The Morgan fingerprint density at radius 1 is 1.31 bits per heavy atom. The van der Waals surface area contributed by atoms with Crippen molar-refractivity contribution in [1.29, 1.82) is 0 Å². The van der Waals surface area contributed by atoms with Crippen LogP contribution in [0.5, 0.6) is 5.88 Å². The Balaban J connectivity index is 2.42. The molecule has 0 spiro atoms. The van der Waals surface area contributed by atoms with E-state index in [1.54, 1.807) is 19.5 Å². The number of anilines is 1. The summed E-state index contributed by atoms with van der Waals surface area (Å²) in [7, 11) is 3.63. The summed E-state index contributed by atoms with van der Waals surface area (Å²) in [4.78, 5) is 10.5. The van der Waals surface area contributed by atoms with Gasteiger partial charge in [0.15, 0.2) is 5.82 Å². The van der Waals surface area contributed by atoms with E-state index >= 15 is 0 Å². The second kappa shape index (κ2) is 7.44. The third-order valence-corrected chi connectivity index (χ3v) is 2.89. The second-order valence-corrected chi connectivity index (χ2v) is 4.38. The second-order valence-electron chi connectivity index (χ2n) is 3.59. The standard InChI is InChI=1S/C11H18BrN3O/c1-15(7-5-3-4-6-12)10-8-13-9-11(14-10)16-2/h8-9H,3-7H2,1-2H3. The van der Waals surface area contributed by atoms with Gasteiger partial charge in [-0.05, 0) is 12.8 Å². The predicted molar refractivity (Wildman–Crippen MR) is 69.5 cm³/mol. The molecule has 4 nitrogen and oxygen atoms in total. The Bertz CT molecular complexity index is 309. The lowest BCUT2D eigenvalue weighted by Crippen LogP contribution is -2.20. The first-order valence-corrected chi connectivity index (χ1v) is 6.53. The molecule has 5 heteroatoms. The number of rotatable bonds is 7. The highest BCUT2D eigenvalue weighted by Gasteiger charge is 2.03. The number of hydrogen-bond acceptors (Lipinski definition) is 4. The van der Waals surface area contributed by atoms with E-state index in [2.05, 4.69) is 30.8 Å². The van der Waals surface area contributed by atoms with Crippen LogP contribution in [0.2, 0.25) is 0 Å². The van der Waals surface area contributed by atoms with Crippen LogP contribution in [0, 0.1) is 0 Å². The van der Waals surface area contributed by atoms with Gasteiger partial charge in [-0.2, -0.15) is 4.98 Å². The number of hydrogen-bond donors (Lipinski definition) is 0. The summed E-state index contributed by atoms with van der Waals surface area (Å²) in [6.45, 7) is 0.995. The van der Waals surface area contributed by atoms with Gasteiger partial charge in [0.2, 0.25) is 5.88 Å². The van der Waals surface area contributed by atoms with E-state index in [0.717, 1.165) is 17.7 Å². The molecule has 0 bridgehead atoms. The Kier molecular flexibility index (Phi) is 6.15. The maximum absolute atomic E-state index is 5.04. The molecule has 0 saturated heterocycles. The normalized spacial score (nSPS) is 10.2. The number of alkyl halides is 1. The Morgan fingerprint density at radius 2 is 2.12 bits per heavy atom. The molecule has 0 unspecified atom stereocenters. The van der Waals surface area contributed by atoms with Crippen LogP contribution in [0.15, 0.2) is 12.4 Å². The molecule has 0 aliphatic carbocycles. The number of unbranched alkanes of at least 4 members (excludes halogenated alkanes) is 2. The number of halogens is 1. The van der Waals surface area contributed by atoms with Crippen molar-refractivity contribution in [2.24, 2.45) is 0 Å². The van der Waals surface area contributed by atoms with Crippen molar-refractivity contribution in [1.82, 2.24) is 9.97 Å². The smallest absolute Gasteiger partial charge is 0.233 e. The van der Waals surface area contributed by atoms with Gasteiger partial charge in [-0.1, -0.05) is 22.4 Å². The number of ether oxygens (including phenoxy) is 1. The fourth-order valence-electron chi connectivity index (χ4n) is 1.36. The average molecular weight is 288 g/mol. The molecule has 0 atom stereocenters. The first-order chi connectivity index (χ1) is 7.77. The van der Waals surface area contributed by atoms with Gasteiger partial charge in [-0.25, -0.2) is 0 Å². The summed E-state index contributed by atoms with van der Waals surface area (Å²) in [5, 5.41) is 1.08. The lowest BCUT2D eigenvalue weighted by atomic mass is 10.2. The van der Waals surface area contributed by atoms with Gasteiger partial charge in [0.25, 0.3) is 0 Å². The molecule has 90 valence electrons. The lowest BCUT2D eigenvalue weighted by molar-refractivity contribution is 0.395. The van der Waals surface area contributed by atoms with E-state index in [9.17, 15) is 0 Å². The van der Waals surface area contributed by atoms with Gasteiger partial charge < -0.3 is 9.64 Å². The molecular formula is C11H18BrN3O. The third kappa shape index (κ3) is 4.35. The zero-order valence-corrected chi connectivity index (χ0v) is 11.4. The van der Waals surface area contributed by atoms with Crippen molar-refractivity contribution in [2.45, 2.75) is 19.3 Å². The molecule has 0 aromatic carbocycles. The van der Waals surface area contributed by atoms with Crippen LogP contribution in [0.3, 0.4) is 0 Å². The molecule has 1 aromatic rings. The highest BCUT2D eigenvalue weighted by molar-refractivity contribution is 9.09. The zero-order chi connectivity index (χ0) is 11.8. The largest absolute Gasteiger partial charge is 0.480 e. The van der Waals surface area contributed by atoms with E-state index in [0.29, 0.717) is 5.88 Å². The first kappa shape index (κ1) is 13.2. The molecule has 1 rings (SSSR count). The molecule has 0 N–H and O–H groups in total. The minimum Gasteiger partial charge on any atom is -0.480 e. The summed E-state index contributed by atoms with van der Waals surface area (Å²) in [5.74, 6) is 1.42. The van der Waals surface area contributed by atoms with Crippen LogP contribution in [0.1, 0.15) is 19.3 Å². The molecule has 0 saturated carbocycles. The number of methoxy groups -OCH3 is 1. The molecular weight excluding hydrogens is 270 g/mol. The molecule has 0 aliphatic rings. The quantitative estimate of drug-likeness (QED) is 0.571. The Morgan fingerprint density at radius 3 is 2.81 bits per heavy atom. The number of aromatic nitrogens is 2. The molecule has 16 heavy (non-hydrogen) atoms. The number of nitrogens with zero attached hydrogens (tertiary/aromatic N) is 3. The van der Waals surface area contributed by atoms with Crippen molar-refractivity contribution in [3.8, 4) is 5.88 Å². The fourth-order valence-corrected chi connectivity index (χ4v) is 1.75. The highest BCUT2D eigenvalue weighted by Crippen LogP contribution is 2.12. The van der Waals surface area contributed by atoms with Crippen molar-refractivity contribution in [2.75, 3.05) is 30.9 Å². The Hall–Kier alpha value is -0.840. The van der Waals surface area contributed by atoms with Crippen LogP contribution in [-0.2, 0) is 0 Å². The minimum atomic E-state index is 0.560. The van der Waals surface area contributed by atoms with Crippen molar-refractivity contribution >= 4 is 21.7 Å². The molecule has 1 aromatic heterocycles. The average Bonchev–Trinajstić information content (AvgIpc) is 2.34. The SMILES string of the molecule is COc1cncc(N(C)CCCCCBr)n1. The van der Waals surface area contributed by atoms with Crippen LogP contribution < -0.4 is 9.64 Å². The van der Waals surface area contributed by atoms with E-state index in [-0.39, 0.29) is 0 Å². The summed E-state index contributed by atoms with van der Waals surface area (Å²) in [6.07, 6.45) is 6.99. The van der Waals surface area contributed by atoms with Gasteiger partial charge in [-0.3, -0.25) is 4.98 Å². The Labute approximate surface area is 105 Å². The highest BCUT2D eigenvalue weighted by atomic mass is 79.9. The first-order valence-electron chi connectivity index (χ1n) is 5.41. The molecule has 0 amide bonds. The monoisotopic (exact) mass is 287 g/mol. The molecule has 0 aliphatic heterocycles. The van der Waals surface area contributed by atoms with Crippen molar-refractivity contribution in [3.63, 3.8) is 0 Å². The van der Waals surface area contributed by atoms with Gasteiger partial charge in [-0.15, -0.1) is 0 Å². The lowest BCUT2D eigenvalue weighted by Gasteiger charge is -2.17. The zero-order valence-electron chi connectivity index (χ0n) is 9.82. The fraction of sp³-hybridized carbons (Fsp3) is 0.636.